The maximum Gasteiger partial charge on any atom is 0.331 e. The summed E-state index contributed by atoms with van der Waals surface area (Å²) < 4.78 is 5.23. The topological polar surface area (TPSA) is 59.5 Å². The van der Waals surface area contributed by atoms with E-state index in [1.165, 1.54) is 0 Å². The molecule has 0 N–H and O–H groups in total. The molecule has 0 saturated heterocycles. The van der Waals surface area contributed by atoms with Crippen molar-refractivity contribution in [2.45, 2.75) is 26.8 Å². The van der Waals surface area contributed by atoms with E-state index in [9.17, 15) is 9.59 Å². The van der Waals surface area contributed by atoms with Crippen molar-refractivity contribution in [3.05, 3.63) is 53.4 Å². The maximum atomic E-state index is 13.6. The molecule has 1 atom stereocenters. The molecule has 146 valence electrons. The highest BCUT2D eigenvalue weighted by Crippen LogP contribution is 2.29. The molecule has 2 heterocycles. The minimum absolute atomic E-state index is 0.238. The Kier molecular flexibility index (Phi) is 6.54. The van der Waals surface area contributed by atoms with Gasteiger partial charge in [-0.1, -0.05) is 38.1 Å². The summed E-state index contributed by atoms with van der Waals surface area (Å²) in [7, 11) is 0. The summed E-state index contributed by atoms with van der Waals surface area (Å²) in [5, 5.41) is 2.72. The fraction of sp³-hybridized carbons (Fsp3) is 0.318. The Hall–Kier alpha value is -2.57. The molecule has 6 heteroatoms. The van der Waals surface area contributed by atoms with Crippen LogP contribution in [0.1, 0.15) is 31.1 Å². The van der Waals surface area contributed by atoms with E-state index < -0.39 is 12.0 Å². The highest BCUT2D eigenvalue weighted by atomic mass is 32.1. The molecule has 0 amide bonds. The number of ketones is 1. The number of Topliss-reactive ketones (excluding diaryl/α,β-unsaturated/α-hetero) is 1. The van der Waals surface area contributed by atoms with Gasteiger partial charge in [0.25, 0.3) is 0 Å². The second kappa shape index (κ2) is 9.08. The number of carbonyl (C=O) groups is 2. The van der Waals surface area contributed by atoms with Crippen molar-refractivity contribution in [2.24, 2.45) is 0 Å². The number of carbonyl (C=O) groups excluding carboxylic acids is 2. The number of para-hydroxylation sites is 1. The van der Waals surface area contributed by atoms with Crippen molar-refractivity contribution in [3.63, 3.8) is 0 Å². The fourth-order valence-corrected chi connectivity index (χ4v) is 4.00. The van der Waals surface area contributed by atoms with Crippen LogP contribution in [0, 0.1) is 0 Å². The lowest BCUT2D eigenvalue weighted by Crippen LogP contribution is -2.47. The summed E-state index contributed by atoms with van der Waals surface area (Å²) in [6, 6.07) is 12.3. The van der Waals surface area contributed by atoms with Gasteiger partial charge in [-0.25, -0.2) is 9.78 Å². The number of esters is 1. The van der Waals surface area contributed by atoms with Gasteiger partial charge in [0.1, 0.15) is 0 Å². The Labute approximate surface area is 169 Å². The van der Waals surface area contributed by atoms with E-state index in [0.29, 0.717) is 18.7 Å². The summed E-state index contributed by atoms with van der Waals surface area (Å²) >= 11 is 1.57. The highest BCUT2D eigenvalue weighted by molar-refractivity contribution is 7.13. The van der Waals surface area contributed by atoms with E-state index in [1.54, 1.807) is 24.3 Å². The van der Waals surface area contributed by atoms with Gasteiger partial charge in [-0.3, -0.25) is 9.69 Å². The molecule has 5 nitrogen and oxygen atoms in total. The van der Waals surface area contributed by atoms with Crippen LogP contribution >= 0.6 is 11.3 Å². The number of hydrogen-bond acceptors (Lipinski definition) is 6. The van der Waals surface area contributed by atoms with E-state index in [-0.39, 0.29) is 12.4 Å². The van der Waals surface area contributed by atoms with Crippen LogP contribution in [0.2, 0.25) is 0 Å². The number of aromatic nitrogens is 1. The van der Waals surface area contributed by atoms with E-state index in [0.717, 1.165) is 21.5 Å². The molecule has 1 aromatic carbocycles. The first-order valence-electron chi connectivity index (χ1n) is 9.49. The lowest BCUT2D eigenvalue weighted by atomic mass is 9.97. The fourth-order valence-electron chi connectivity index (χ4n) is 3.31. The Bertz CT molecular complexity index is 965. The first-order valence-corrected chi connectivity index (χ1v) is 10.4. The van der Waals surface area contributed by atoms with Crippen LogP contribution in [-0.4, -0.2) is 47.4 Å². The molecular weight excluding hydrogens is 372 g/mol. The van der Waals surface area contributed by atoms with Gasteiger partial charge < -0.3 is 4.74 Å². The first kappa shape index (κ1) is 20.2. The third kappa shape index (κ3) is 3.98. The number of benzene rings is 1. The number of pyridine rings is 1. The van der Waals surface area contributed by atoms with Crippen LogP contribution in [0.25, 0.3) is 21.5 Å². The third-order valence-corrected chi connectivity index (χ3v) is 5.58. The zero-order valence-electron chi connectivity index (χ0n) is 16.3. The number of nitrogens with zero attached hydrogens (tertiary/aromatic N) is 2. The molecule has 28 heavy (non-hydrogen) atoms. The van der Waals surface area contributed by atoms with Gasteiger partial charge in [0.05, 0.1) is 22.7 Å². The molecule has 1 unspecified atom stereocenters. The third-order valence-electron chi connectivity index (χ3n) is 4.69. The van der Waals surface area contributed by atoms with Crippen LogP contribution in [0.3, 0.4) is 0 Å². The Balaban J connectivity index is 2.16. The van der Waals surface area contributed by atoms with Crippen LogP contribution in [0.4, 0.5) is 0 Å². The highest BCUT2D eigenvalue weighted by Gasteiger charge is 2.34. The molecule has 0 aliphatic rings. The lowest BCUT2D eigenvalue weighted by molar-refractivity contribution is -0.147. The molecule has 0 aliphatic heterocycles. The van der Waals surface area contributed by atoms with Crippen molar-refractivity contribution >= 4 is 34.0 Å². The second-order valence-electron chi connectivity index (χ2n) is 6.29. The number of fused-ring (bicyclic) bond motifs is 1. The maximum absolute atomic E-state index is 13.6. The normalized spacial score (nSPS) is 12.3. The van der Waals surface area contributed by atoms with Crippen LogP contribution in [0.5, 0.6) is 0 Å². The molecule has 3 rings (SSSR count). The average Bonchev–Trinajstić information content (AvgIpc) is 3.25. The zero-order valence-corrected chi connectivity index (χ0v) is 17.2. The Morgan fingerprint density at radius 2 is 1.86 bits per heavy atom. The van der Waals surface area contributed by atoms with Crippen molar-refractivity contribution in [1.82, 2.24) is 9.88 Å². The van der Waals surface area contributed by atoms with Crippen molar-refractivity contribution in [2.75, 3.05) is 19.7 Å². The van der Waals surface area contributed by atoms with Crippen molar-refractivity contribution in [1.29, 1.82) is 0 Å². The molecule has 0 bridgehead atoms. The van der Waals surface area contributed by atoms with Gasteiger partial charge in [-0.15, -0.1) is 11.3 Å². The van der Waals surface area contributed by atoms with Gasteiger partial charge in [-0.2, -0.15) is 0 Å². The number of hydrogen-bond donors (Lipinski definition) is 0. The SMILES string of the molecule is CCOC(=O)C(C(=O)c1cc(-c2cccs2)nc2ccccc12)N(CC)CC. The summed E-state index contributed by atoms with van der Waals surface area (Å²) in [5.74, 6) is -0.756. The van der Waals surface area contributed by atoms with Crippen LogP contribution in [0.15, 0.2) is 47.8 Å². The largest absolute Gasteiger partial charge is 0.464 e. The molecule has 0 spiro atoms. The minimum atomic E-state index is -0.961. The van der Waals surface area contributed by atoms with E-state index in [2.05, 4.69) is 0 Å². The molecule has 3 aromatic rings. The molecular formula is C22H24N2O3S. The van der Waals surface area contributed by atoms with Gasteiger partial charge in [0.15, 0.2) is 11.8 Å². The quantitative estimate of drug-likeness (QED) is 0.320. The summed E-state index contributed by atoms with van der Waals surface area (Å²) in [5.41, 5.74) is 1.97. The van der Waals surface area contributed by atoms with Crippen molar-refractivity contribution < 1.29 is 14.3 Å². The number of rotatable bonds is 8. The summed E-state index contributed by atoms with van der Waals surface area (Å²) in [6.45, 7) is 7.01. The van der Waals surface area contributed by atoms with E-state index >= 15 is 0 Å². The Morgan fingerprint density at radius 1 is 1.11 bits per heavy atom. The van der Waals surface area contributed by atoms with Crippen LogP contribution < -0.4 is 0 Å². The summed E-state index contributed by atoms with van der Waals surface area (Å²) in [4.78, 5) is 33.8. The van der Waals surface area contributed by atoms with E-state index in [1.807, 2.05) is 60.5 Å². The van der Waals surface area contributed by atoms with Gasteiger partial charge in [-0.05, 0) is 43.6 Å². The van der Waals surface area contributed by atoms with Gasteiger partial charge >= 0.3 is 5.97 Å². The molecule has 2 aromatic heterocycles. The van der Waals surface area contributed by atoms with Crippen molar-refractivity contribution in [3.8, 4) is 10.6 Å². The predicted molar refractivity (Wildman–Crippen MR) is 113 cm³/mol. The van der Waals surface area contributed by atoms with Gasteiger partial charge in [0.2, 0.25) is 0 Å². The predicted octanol–water partition coefficient (Wildman–Crippen LogP) is 4.42. The lowest BCUT2D eigenvalue weighted by Gasteiger charge is -2.27. The Morgan fingerprint density at radius 3 is 2.50 bits per heavy atom. The number of thiophene rings is 1. The minimum Gasteiger partial charge on any atom is -0.464 e. The van der Waals surface area contributed by atoms with E-state index in [4.69, 9.17) is 9.72 Å². The molecule has 0 radical (unpaired) electrons. The second-order valence-corrected chi connectivity index (χ2v) is 7.24. The van der Waals surface area contributed by atoms with Gasteiger partial charge in [0, 0.05) is 10.9 Å². The summed E-state index contributed by atoms with van der Waals surface area (Å²) in [6.07, 6.45) is 0. The standard InChI is InChI=1S/C22H24N2O3S/c1-4-24(5-2)20(22(26)27-6-3)21(25)16-14-18(19-12-9-13-28-19)23-17-11-8-7-10-15(16)17/h7-14,20H,4-6H2,1-3H3. The monoisotopic (exact) mass is 396 g/mol. The van der Waals surface area contributed by atoms with Crippen LogP contribution in [-0.2, 0) is 9.53 Å². The molecule has 0 aliphatic carbocycles. The number of likely N-dealkylation sites (N-methyl/N-ethyl adjacent to an activating group) is 1. The zero-order chi connectivity index (χ0) is 20.1. The smallest absolute Gasteiger partial charge is 0.331 e. The average molecular weight is 397 g/mol. The first-order chi connectivity index (χ1) is 13.6. The number of ether oxygens (including phenoxy) is 1. The molecule has 0 saturated carbocycles. The molecule has 0 fully saturated rings.